The molecule has 2 aromatic rings. The van der Waals surface area contributed by atoms with Gasteiger partial charge in [-0.15, -0.1) is 0 Å². The lowest BCUT2D eigenvalue weighted by Gasteiger charge is -2.11. The smallest absolute Gasteiger partial charge is 0.255 e. The van der Waals surface area contributed by atoms with Crippen LogP contribution >= 0.6 is 0 Å². The van der Waals surface area contributed by atoms with E-state index < -0.39 is 15.9 Å². The van der Waals surface area contributed by atoms with Crippen LogP contribution in [0.4, 0.5) is 11.4 Å². The van der Waals surface area contributed by atoms with E-state index in [-0.39, 0.29) is 28.8 Å². The summed E-state index contributed by atoms with van der Waals surface area (Å²) in [5.41, 5.74) is 2.12. The highest BCUT2D eigenvalue weighted by Gasteiger charge is 2.17. The van der Waals surface area contributed by atoms with E-state index in [2.05, 4.69) is 15.4 Å². The molecule has 0 radical (unpaired) electrons. The van der Waals surface area contributed by atoms with Crippen LogP contribution in [0, 0.1) is 12.8 Å². The summed E-state index contributed by atoms with van der Waals surface area (Å²) in [5.74, 6) is -0.206. The van der Waals surface area contributed by atoms with Gasteiger partial charge in [-0.3, -0.25) is 9.59 Å². The minimum atomic E-state index is -3.65. The molecule has 0 heterocycles. The maximum Gasteiger partial charge on any atom is 0.255 e. The van der Waals surface area contributed by atoms with Crippen LogP contribution in [0.15, 0.2) is 47.4 Å². The van der Waals surface area contributed by atoms with E-state index in [0.29, 0.717) is 23.4 Å². The van der Waals surface area contributed by atoms with Crippen molar-refractivity contribution in [3.8, 4) is 0 Å². The van der Waals surface area contributed by atoms with Crippen LogP contribution in [0.2, 0.25) is 0 Å². The Kier molecular flexibility index (Phi) is 7.53. The van der Waals surface area contributed by atoms with Gasteiger partial charge in [0.1, 0.15) is 0 Å². The SMILES string of the molecule is CCNS(=O)(=O)c1ccc(C)c(C(=O)Nc2ccc(NC(=O)CC(C)C)cc2)c1. The molecule has 0 bridgehead atoms. The molecule has 0 saturated heterocycles. The number of aryl methyl sites for hydroxylation is 1. The summed E-state index contributed by atoms with van der Waals surface area (Å²) < 4.78 is 26.8. The Hall–Kier alpha value is -2.71. The number of carbonyl (C=O) groups excluding carboxylic acids is 2. The molecule has 0 aliphatic heterocycles. The number of amides is 2. The monoisotopic (exact) mass is 417 g/mol. The molecule has 8 heteroatoms. The van der Waals surface area contributed by atoms with Gasteiger partial charge in [0.2, 0.25) is 15.9 Å². The number of carbonyl (C=O) groups is 2. The zero-order chi connectivity index (χ0) is 21.6. The van der Waals surface area contributed by atoms with Gasteiger partial charge < -0.3 is 10.6 Å². The van der Waals surface area contributed by atoms with E-state index in [4.69, 9.17) is 0 Å². The number of hydrogen-bond acceptors (Lipinski definition) is 4. The fourth-order valence-electron chi connectivity index (χ4n) is 2.70. The van der Waals surface area contributed by atoms with Crippen molar-refractivity contribution in [2.45, 2.75) is 39.0 Å². The van der Waals surface area contributed by atoms with Crippen LogP contribution in [0.5, 0.6) is 0 Å². The molecule has 2 amide bonds. The molecule has 3 N–H and O–H groups in total. The quantitative estimate of drug-likeness (QED) is 0.611. The lowest BCUT2D eigenvalue weighted by molar-refractivity contribution is -0.116. The molecule has 7 nitrogen and oxygen atoms in total. The predicted octanol–water partition coefficient (Wildman–Crippen LogP) is 3.53. The summed E-state index contributed by atoms with van der Waals surface area (Å²) in [6.45, 7) is 7.63. The van der Waals surface area contributed by atoms with Crippen LogP contribution in [0.25, 0.3) is 0 Å². The van der Waals surface area contributed by atoms with E-state index in [1.54, 1.807) is 44.2 Å². The minimum absolute atomic E-state index is 0.0401. The van der Waals surface area contributed by atoms with Gasteiger partial charge in [0.25, 0.3) is 5.91 Å². The number of anilines is 2. The Balaban J connectivity index is 2.13. The Morgan fingerprint density at radius 1 is 0.966 bits per heavy atom. The molecule has 2 aromatic carbocycles. The third-order valence-electron chi connectivity index (χ3n) is 4.12. The van der Waals surface area contributed by atoms with Gasteiger partial charge in [-0.25, -0.2) is 13.1 Å². The van der Waals surface area contributed by atoms with Crippen LogP contribution in [-0.2, 0) is 14.8 Å². The van der Waals surface area contributed by atoms with Gasteiger partial charge in [-0.05, 0) is 54.8 Å². The van der Waals surface area contributed by atoms with Crippen molar-refractivity contribution in [1.29, 1.82) is 0 Å². The number of nitrogens with one attached hydrogen (secondary N) is 3. The molecule has 0 spiro atoms. The first kappa shape index (κ1) is 22.6. The van der Waals surface area contributed by atoms with Crippen LogP contribution in [0.3, 0.4) is 0 Å². The molecule has 0 unspecified atom stereocenters. The van der Waals surface area contributed by atoms with E-state index in [9.17, 15) is 18.0 Å². The highest BCUT2D eigenvalue weighted by atomic mass is 32.2. The summed E-state index contributed by atoms with van der Waals surface area (Å²) in [4.78, 5) is 24.5. The second kappa shape index (κ2) is 9.67. The molecular weight excluding hydrogens is 390 g/mol. The summed E-state index contributed by atoms with van der Waals surface area (Å²) in [6, 6.07) is 11.2. The summed E-state index contributed by atoms with van der Waals surface area (Å²) in [5, 5.41) is 5.56. The third-order valence-corrected chi connectivity index (χ3v) is 5.66. The first-order valence-corrected chi connectivity index (χ1v) is 10.9. The maximum atomic E-state index is 12.7. The Labute approximate surface area is 172 Å². The molecule has 0 aliphatic carbocycles. The highest BCUT2D eigenvalue weighted by molar-refractivity contribution is 7.89. The van der Waals surface area contributed by atoms with Crippen molar-refractivity contribution in [3.05, 3.63) is 53.6 Å². The average Bonchev–Trinajstić information content (AvgIpc) is 2.62. The average molecular weight is 418 g/mol. The van der Waals surface area contributed by atoms with Crippen molar-refractivity contribution in [2.75, 3.05) is 17.2 Å². The van der Waals surface area contributed by atoms with E-state index in [1.807, 2.05) is 13.8 Å². The van der Waals surface area contributed by atoms with Crippen molar-refractivity contribution in [1.82, 2.24) is 4.72 Å². The van der Waals surface area contributed by atoms with Gasteiger partial charge in [-0.1, -0.05) is 26.8 Å². The first-order chi connectivity index (χ1) is 13.6. The molecule has 0 aromatic heterocycles. The number of benzene rings is 2. The van der Waals surface area contributed by atoms with Gasteiger partial charge in [0, 0.05) is 29.9 Å². The molecule has 0 atom stereocenters. The third kappa shape index (κ3) is 6.40. The van der Waals surface area contributed by atoms with Gasteiger partial charge in [0.05, 0.1) is 4.90 Å². The highest BCUT2D eigenvalue weighted by Crippen LogP contribution is 2.19. The zero-order valence-corrected chi connectivity index (χ0v) is 17.9. The lowest BCUT2D eigenvalue weighted by Crippen LogP contribution is -2.24. The molecule has 2 rings (SSSR count). The number of hydrogen-bond donors (Lipinski definition) is 3. The lowest BCUT2D eigenvalue weighted by atomic mass is 10.1. The van der Waals surface area contributed by atoms with Gasteiger partial charge in [-0.2, -0.15) is 0 Å². The topological polar surface area (TPSA) is 104 Å². The second-order valence-corrected chi connectivity index (χ2v) is 8.92. The summed E-state index contributed by atoms with van der Waals surface area (Å²) >= 11 is 0. The Morgan fingerprint density at radius 2 is 1.55 bits per heavy atom. The van der Waals surface area contributed by atoms with Crippen molar-refractivity contribution < 1.29 is 18.0 Å². The number of sulfonamides is 1. The zero-order valence-electron chi connectivity index (χ0n) is 17.1. The van der Waals surface area contributed by atoms with Crippen molar-refractivity contribution in [3.63, 3.8) is 0 Å². The van der Waals surface area contributed by atoms with Crippen LogP contribution in [-0.4, -0.2) is 26.8 Å². The van der Waals surface area contributed by atoms with E-state index in [0.717, 1.165) is 0 Å². The standard InChI is InChI=1S/C21H27N3O4S/c1-5-22-29(27,28)18-11-6-15(4)19(13-18)21(26)24-17-9-7-16(8-10-17)23-20(25)12-14(2)3/h6-11,13-14,22H,5,12H2,1-4H3,(H,23,25)(H,24,26). The Morgan fingerprint density at radius 3 is 2.10 bits per heavy atom. The molecular formula is C21H27N3O4S. The first-order valence-electron chi connectivity index (χ1n) is 9.44. The second-order valence-electron chi connectivity index (χ2n) is 7.16. The molecule has 0 saturated carbocycles. The predicted molar refractivity (Wildman–Crippen MR) is 115 cm³/mol. The van der Waals surface area contributed by atoms with Crippen molar-refractivity contribution in [2.24, 2.45) is 5.92 Å². The van der Waals surface area contributed by atoms with Crippen LogP contribution < -0.4 is 15.4 Å². The fourth-order valence-corrected chi connectivity index (χ4v) is 3.77. The van der Waals surface area contributed by atoms with E-state index in [1.165, 1.54) is 12.1 Å². The van der Waals surface area contributed by atoms with E-state index >= 15 is 0 Å². The largest absolute Gasteiger partial charge is 0.326 e. The maximum absolute atomic E-state index is 12.7. The van der Waals surface area contributed by atoms with Crippen molar-refractivity contribution >= 4 is 33.2 Å². The van der Waals surface area contributed by atoms with Crippen LogP contribution in [0.1, 0.15) is 43.1 Å². The molecule has 0 fully saturated rings. The normalized spacial score (nSPS) is 11.3. The minimum Gasteiger partial charge on any atom is -0.326 e. The Bertz CT molecular complexity index is 983. The molecule has 0 aliphatic rings. The summed E-state index contributed by atoms with van der Waals surface area (Å²) in [7, 11) is -3.65. The van der Waals surface area contributed by atoms with Gasteiger partial charge in [0.15, 0.2) is 0 Å². The fraction of sp³-hybridized carbons (Fsp3) is 0.333. The number of rotatable bonds is 8. The summed E-state index contributed by atoms with van der Waals surface area (Å²) in [6.07, 6.45) is 0.434. The molecule has 29 heavy (non-hydrogen) atoms. The van der Waals surface area contributed by atoms with Gasteiger partial charge >= 0.3 is 0 Å². The molecule has 156 valence electrons.